The number of hydrogen-bond donors (Lipinski definition) is 2. The zero-order chi connectivity index (χ0) is 15.3. The highest BCUT2D eigenvalue weighted by Gasteiger charge is 2.23. The number of nitrogens with zero attached hydrogens (tertiary/aromatic N) is 1. The topological polar surface area (TPSA) is 74.6 Å². The van der Waals surface area contributed by atoms with Crippen LogP contribution >= 0.6 is 0 Å². The van der Waals surface area contributed by atoms with Gasteiger partial charge in [0.15, 0.2) is 0 Å². The lowest BCUT2D eigenvalue weighted by molar-refractivity contribution is 0.193. The molecule has 1 aliphatic heterocycles. The summed E-state index contributed by atoms with van der Waals surface area (Å²) in [7, 11) is -1.74. The Morgan fingerprint density at radius 3 is 2.67 bits per heavy atom. The first-order chi connectivity index (χ1) is 10.0. The maximum atomic E-state index is 12.2. The molecule has 120 valence electrons. The summed E-state index contributed by atoms with van der Waals surface area (Å²) in [5.41, 5.74) is 0. The summed E-state index contributed by atoms with van der Waals surface area (Å²) in [6.45, 7) is 6.33. The van der Waals surface area contributed by atoms with Gasteiger partial charge in [-0.05, 0) is 57.6 Å². The molecule has 0 aliphatic carbocycles. The Hall–Kier alpha value is -0.890. The summed E-state index contributed by atoms with van der Waals surface area (Å²) in [6, 6.07) is 3.19. The van der Waals surface area contributed by atoms with E-state index in [0.29, 0.717) is 24.8 Å². The van der Waals surface area contributed by atoms with Crippen molar-refractivity contribution in [2.24, 2.45) is 5.92 Å². The quantitative estimate of drug-likeness (QED) is 0.785. The minimum Gasteiger partial charge on any atom is -0.447 e. The second-order valence-electron chi connectivity index (χ2n) is 5.48. The molecular weight excluding hydrogens is 290 g/mol. The van der Waals surface area contributed by atoms with Gasteiger partial charge in [-0.25, -0.2) is 13.1 Å². The van der Waals surface area contributed by atoms with Crippen molar-refractivity contribution in [1.82, 2.24) is 14.9 Å². The molecule has 1 fully saturated rings. The van der Waals surface area contributed by atoms with Crippen molar-refractivity contribution in [3.63, 3.8) is 0 Å². The fourth-order valence-electron chi connectivity index (χ4n) is 2.58. The fraction of sp³-hybridized carbons (Fsp3) is 0.714. The summed E-state index contributed by atoms with van der Waals surface area (Å²) in [4.78, 5) is 2.39. The van der Waals surface area contributed by atoms with Crippen LogP contribution in [0.3, 0.4) is 0 Å². The number of likely N-dealkylation sites (tertiary alicyclic amines) is 1. The van der Waals surface area contributed by atoms with Crippen molar-refractivity contribution in [2.75, 3.05) is 33.2 Å². The van der Waals surface area contributed by atoms with E-state index in [1.54, 1.807) is 13.1 Å². The van der Waals surface area contributed by atoms with E-state index in [1.165, 1.54) is 6.07 Å². The number of nitrogens with one attached hydrogen (secondary N) is 2. The third kappa shape index (κ3) is 4.54. The summed E-state index contributed by atoms with van der Waals surface area (Å²) < 4.78 is 32.4. The van der Waals surface area contributed by atoms with Crippen molar-refractivity contribution < 1.29 is 12.8 Å². The van der Waals surface area contributed by atoms with E-state index in [2.05, 4.69) is 21.9 Å². The van der Waals surface area contributed by atoms with Gasteiger partial charge in [-0.15, -0.1) is 0 Å². The van der Waals surface area contributed by atoms with Crippen LogP contribution in [-0.4, -0.2) is 46.5 Å². The smallest absolute Gasteiger partial charge is 0.273 e. The molecule has 1 aliphatic rings. The lowest BCUT2D eigenvalue weighted by Gasteiger charge is -2.30. The summed E-state index contributed by atoms with van der Waals surface area (Å²) in [5, 5.41) is 2.93. The van der Waals surface area contributed by atoms with Crippen molar-refractivity contribution in [2.45, 2.75) is 31.4 Å². The number of rotatable bonds is 7. The van der Waals surface area contributed by atoms with E-state index in [9.17, 15) is 8.42 Å². The van der Waals surface area contributed by atoms with E-state index in [0.717, 1.165) is 32.5 Å². The molecular formula is C14H25N3O3S. The lowest BCUT2D eigenvalue weighted by atomic mass is 9.97. The van der Waals surface area contributed by atoms with Crippen LogP contribution in [-0.2, 0) is 16.6 Å². The van der Waals surface area contributed by atoms with E-state index in [-0.39, 0.29) is 5.09 Å². The summed E-state index contributed by atoms with van der Waals surface area (Å²) in [6.07, 6.45) is 2.08. The molecule has 21 heavy (non-hydrogen) atoms. The highest BCUT2D eigenvalue weighted by Crippen LogP contribution is 2.18. The Morgan fingerprint density at radius 1 is 1.33 bits per heavy atom. The van der Waals surface area contributed by atoms with E-state index < -0.39 is 10.0 Å². The average molecular weight is 315 g/mol. The normalized spacial score (nSPS) is 18.2. The largest absolute Gasteiger partial charge is 0.447 e. The third-order valence-electron chi connectivity index (χ3n) is 3.97. The van der Waals surface area contributed by atoms with Crippen LogP contribution in [0.25, 0.3) is 0 Å². The molecule has 0 bridgehead atoms. The Kier molecular flexibility index (Phi) is 5.80. The summed E-state index contributed by atoms with van der Waals surface area (Å²) >= 11 is 0. The molecule has 0 aromatic carbocycles. The molecule has 2 rings (SSSR count). The molecule has 1 aromatic heterocycles. The highest BCUT2D eigenvalue weighted by atomic mass is 32.2. The van der Waals surface area contributed by atoms with Gasteiger partial charge in [-0.1, -0.05) is 6.92 Å². The number of hydrogen-bond acceptors (Lipinski definition) is 5. The minimum absolute atomic E-state index is 0.00116. The maximum absolute atomic E-state index is 12.2. The van der Waals surface area contributed by atoms with Gasteiger partial charge in [-0.2, -0.15) is 0 Å². The molecule has 7 heteroatoms. The molecule has 6 nitrogen and oxygen atoms in total. The van der Waals surface area contributed by atoms with Gasteiger partial charge < -0.3 is 14.6 Å². The van der Waals surface area contributed by atoms with Crippen LogP contribution in [0, 0.1) is 5.92 Å². The predicted octanol–water partition coefficient (Wildman–Crippen LogP) is 1.01. The molecule has 2 N–H and O–H groups in total. The Balaban J connectivity index is 1.86. The van der Waals surface area contributed by atoms with Crippen LogP contribution in [0.5, 0.6) is 0 Å². The molecule has 1 saturated heterocycles. The van der Waals surface area contributed by atoms with Crippen molar-refractivity contribution >= 4 is 10.0 Å². The van der Waals surface area contributed by atoms with Gasteiger partial charge in [-0.3, -0.25) is 0 Å². The van der Waals surface area contributed by atoms with Crippen molar-refractivity contribution in [1.29, 1.82) is 0 Å². The number of piperidine rings is 1. The third-order valence-corrected chi connectivity index (χ3v) is 5.27. The SMILES string of the molecule is CCN1CCC(CNS(=O)(=O)c2ccc(CNC)o2)CC1. The van der Waals surface area contributed by atoms with Gasteiger partial charge in [0.25, 0.3) is 10.0 Å². The monoisotopic (exact) mass is 315 g/mol. The molecule has 0 spiro atoms. The lowest BCUT2D eigenvalue weighted by Crippen LogP contribution is -2.38. The molecule has 0 saturated carbocycles. The van der Waals surface area contributed by atoms with Crippen LogP contribution in [0.1, 0.15) is 25.5 Å². The fourth-order valence-corrected chi connectivity index (χ4v) is 3.64. The van der Waals surface area contributed by atoms with Crippen LogP contribution < -0.4 is 10.0 Å². The molecule has 0 unspecified atom stereocenters. The minimum atomic E-state index is -3.53. The first kappa shape index (κ1) is 16.5. The molecule has 0 atom stereocenters. The average Bonchev–Trinajstić information content (AvgIpc) is 2.96. The van der Waals surface area contributed by atoms with Crippen LogP contribution in [0.2, 0.25) is 0 Å². The van der Waals surface area contributed by atoms with Gasteiger partial charge >= 0.3 is 0 Å². The zero-order valence-corrected chi connectivity index (χ0v) is 13.6. The number of sulfonamides is 1. The standard InChI is InChI=1S/C14H25N3O3S/c1-3-17-8-6-12(7-9-17)10-16-21(18,19)14-5-4-13(20-14)11-15-2/h4-5,12,15-16H,3,6-11H2,1-2H3. The molecule has 0 radical (unpaired) electrons. The van der Waals surface area contributed by atoms with E-state index >= 15 is 0 Å². The first-order valence-electron chi connectivity index (χ1n) is 7.50. The van der Waals surface area contributed by atoms with Crippen molar-refractivity contribution in [3.05, 3.63) is 17.9 Å². The Morgan fingerprint density at radius 2 is 2.05 bits per heavy atom. The molecule has 0 amide bonds. The van der Waals surface area contributed by atoms with Gasteiger partial charge in [0.2, 0.25) is 5.09 Å². The van der Waals surface area contributed by atoms with Gasteiger partial charge in [0, 0.05) is 6.54 Å². The van der Waals surface area contributed by atoms with E-state index in [4.69, 9.17) is 4.42 Å². The maximum Gasteiger partial charge on any atom is 0.273 e. The van der Waals surface area contributed by atoms with Crippen LogP contribution in [0.15, 0.2) is 21.6 Å². The van der Waals surface area contributed by atoms with Gasteiger partial charge in [0.05, 0.1) is 6.54 Å². The molecule has 2 heterocycles. The van der Waals surface area contributed by atoms with Gasteiger partial charge in [0.1, 0.15) is 5.76 Å². The van der Waals surface area contributed by atoms with E-state index in [1.807, 2.05) is 0 Å². The predicted molar refractivity (Wildman–Crippen MR) is 81.5 cm³/mol. The second kappa shape index (κ2) is 7.40. The van der Waals surface area contributed by atoms with Crippen LogP contribution in [0.4, 0.5) is 0 Å². The highest BCUT2D eigenvalue weighted by molar-refractivity contribution is 7.89. The van der Waals surface area contributed by atoms with Crippen molar-refractivity contribution in [3.8, 4) is 0 Å². The molecule has 1 aromatic rings. The summed E-state index contributed by atoms with van der Waals surface area (Å²) in [5.74, 6) is 1.03. The number of furan rings is 1. The Labute approximate surface area is 126 Å². The first-order valence-corrected chi connectivity index (χ1v) is 8.98. The Bertz CT molecular complexity index is 533. The zero-order valence-electron chi connectivity index (χ0n) is 12.8. The second-order valence-corrected chi connectivity index (χ2v) is 7.18.